The summed E-state index contributed by atoms with van der Waals surface area (Å²) in [5.41, 5.74) is 5.41. The number of piperidine rings is 1. The van der Waals surface area contributed by atoms with Gasteiger partial charge in [-0.05, 0) is 78.9 Å². The molecule has 4 aromatic rings. The molecule has 3 heterocycles. The van der Waals surface area contributed by atoms with Crippen LogP contribution in [-0.4, -0.2) is 86.1 Å². The highest BCUT2D eigenvalue weighted by Gasteiger charge is 2.19. The largest absolute Gasteiger partial charge is 0.489 e. The lowest BCUT2D eigenvalue weighted by atomic mass is 10.0. The summed E-state index contributed by atoms with van der Waals surface area (Å²) in [5.74, 6) is 0.157. The zero-order valence-electron chi connectivity index (χ0n) is 28.1. The van der Waals surface area contributed by atoms with Crippen molar-refractivity contribution in [1.29, 1.82) is 0 Å². The van der Waals surface area contributed by atoms with E-state index in [9.17, 15) is 14.0 Å². The average Bonchev–Trinajstić information content (AvgIpc) is 3.17. The molecule has 0 aliphatic carbocycles. The molecule has 2 fully saturated rings. The van der Waals surface area contributed by atoms with Crippen LogP contribution in [0, 0.1) is 0 Å². The maximum atomic E-state index is 13.7. The Bertz CT molecular complexity index is 1740. The lowest BCUT2D eigenvalue weighted by Crippen LogP contribution is -2.41. The van der Waals surface area contributed by atoms with E-state index in [2.05, 4.69) is 26.2 Å². The van der Waals surface area contributed by atoms with Gasteiger partial charge in [0.15, 0.2) is 0 Å². The van der Waals surface area contributed by atoms with Crippen molar-refractivity contribution in [1.82, 2.24) is 14.8 Å². The summed E-state index contributed by atoms with van der Waals surface area (Å²) in [4.78, 5) is 38.0. The second-order valence-electron chi connectivity index (χ2n) is 12.6. The first kappa shape index (κ1) is 34.1. The maximum absolute atomic E-state index is 13.7. The second-order valence-corrected chi connectivity index (χ2v) is 12.6. The van der Waals surface area contributed by atoms with Crippen LogP contribution in [0.3, 0.4) is 0 Å². The van der Waals surface area contributed by atoms with Gasteiger partial charge in [-0.2, -0.15) is 0 Å². The Morgan fingerprint density at radius 1 is 0.898 bits per heavy atom. The Hall–Kier alpha value is -4.80. The van der Waals surface area contributed by atoms with Crippen molar-refractivity contribution in [3.8, 4) is 17.0 Å². The first-order valence-corrected chi connectivity index (χ1v) is 17.1. The minimum atomic E-state index is -0.526. The van der Waals surface area contributed by atoms with Gasteiger partial charge in [-0.15, -0.1) is 0 Å². The number of anilines is 2. The number of amides is 2. The number of carbonyl (C=O) groups excluding carboxylic acids is 2. The van der Waals surface area contributed by atoms with Crippen LogP contribution in [0.5, 0.6) is 5.75 Å². The quantitative estimate of drug-likeness (QED) is 0.186. The Balaban J connectivity index is 1.20. The Morgan fingerprint density at radius 2 is 1.67 bits per heavy atom. The van der Waals surface area contributed by atoms with E-state index in [-0.39, 0.29) is 18.4 Å². The number of aromatic nitrogens is 1. The molecule has 2 aliphatic rings. The molecule has 0 atom stereocenters. The summed E-state index contributed by atoms with van der Waals surface area (Å²) in [6.07, 6.45) is 5.18. The topological polar surface area (TPSA) is 87.2 Å². The first-order valence-electron chi connectivity index (χ1n) is 17.1. The highest BCUT2D eigenvalue weighted by atomic mass is 19.1. The summed E-state index contributed by atoms with van der Waals surface area (Å²) < 4.78 is 24.7. The number of alkyl halides is 1. The normalized spacial score (nSPS) is 15.1. The van der Waals surface area contributed by atoms with E-state index in [1.807, 2.05) is 30.3 Å². The number of benzene rings is 3. The van der Waals surface area contributed by atoms with Gasteiger partial charge in [-0.1, -0.05) is 24.3 Å². The van der Waals surface area contributed by atoms with E-state index in [1.165, 1.54) is 6.42 Å². The van der Waals surface area contributed by atoms with Gasteiger partial charge in [-0.3, -0.25) is 19.5 Å². The molecule has 3 aromatic carbocycles. The minimum absolute atomic E-state index is 0.132. The molecule has 0 spiro atoms. The fourth-order valence-corrected chi connectivity index (χ4v) is 6.25. The molecule has 49 heavy (non-hydrogen) atoms. The molecule has 0 unspecified atom stereocenters. The molecule has 6 rings (SSSR count). The smallest absolute Gasteiger partial charge is 0.255 e. The Labute approximate surface area is 287 Å². The standard InChI is InChI=1S/C39H44FN5O4/c1-43(17-18-44-19-21-48-22-20-44)39(47)32-10-6-9-31(24-32)38(46)42-36-12-11-33(45-15-3-2-4-16-45)25-35(36)37-26-34(13-14-41-37)49-28-30-8-5-7-29(23-30)27-40/h5-14,23-26H,2-4,15-22,27-28H2,1H3,(H,42,46). The number of rotatable bonds is 12. The number of ether oxygens (including phenoxy) is 2. The van der Waals surface area contributed by atoms with E-state index in [4.69, 9.17) is 9.47 Å². The van der Waals surface area contributed by atoms with Crippen molar-refractivity contribution >= 4 is 23.2 Å². The van der Waals surface area contributed by atoms with Gasteiger partial charge >= 0.3 is 0 Å². The molecule has 0 bridgehead atoms. The number of hydrogen-bond acceptors (Lipinski definition) is 7. The van der Waals surface area contributed by atoms with Crippen LogP contribution in [0.4, 0.5) is 15.8 Å². The molecule has 256 valence electrons. The summed E-state index contributed by atoms with van der Waals surface area (Å²) in [6.45, 7) is 6.21. The molecule has 2 saturated heterocycles. The van der Waals surface area contributed by atoms with Gasteiger partial charge in [-0.25, -0.2) is 4.39 Å². The van der Waals surface area contributed by atoms with Crippen LogP contribution in [0.15, 0.2) is 85.1 Å². The fraction of sp³-hybridized carbons (Fsp3) is 0.359. The van der Waals surface area contributed by atoms with Crippen molar-refractivity contribution in [2.75, 3.05) is 69.7 Å². The van der Waals surface area contributed by atoms with Crippen molar-refractivity contribution in [3.63, 3.8) is 0 Å². The van der Waals surface area contributed by atoms with Gasteiger partial charge in [0.05, 0.1) is 24.6 Å². The highest BCUT2D eigenvalue weighted by Crippen LogP contribution is 2.34. The van der Waals surface area contributed by atoms with Gasteiger partial charge in [0.2, 0.25) is 0 Å². The summed E-state index contributed by atoms with van der Waals surface area (Å²) >= 11 is 0. The monoisotopic (exact) mass is 665 g/mol. The molecular formula is C39H44FN5O4. The number of hydrogen-bond donors (Lipinski definition) is 1. The van der Waals surface area contributed by atoms with Crippen LogP contribution in [0.2, 0.25) is 0 Å². The molecule has 2 amide bonds. The maximum Gasteiger partial charge on any atom is 0.255 e. The van der Waals surface area contributed by atoms with Crippen molar-refractivity contribution in [3.05, 3.63) is 107 Å². The van der Waals surface area contributed by atoms with E-state index in [0.717, 1.165) is 62.4 Å². The minimum Gasteiger partial charge on any atom is -0.489 e. The Kier molecular flexibility index (Phi) is 11.5. The lowest BCUT2D eigenvalue weighted by Gasteiger charge is -2.29. The number of morpholine rings is 1. The van der Waals surface area contributed by atoms with E-state index < -0.39 is 6.67 Å². The second kappa shape index (κ2) is 16.5. The Morgan fingerprint density at radius 3 is 2.49 bits per heavy atom. The fourth-order valence-electron chi connectivity index (χ4n) is 6.25. The number of carbonyl (C=O) groups is 2. The molecule has 1 N–H and O–H groups in total. The van der Waals surface area contributed by atoms with Gasteiger partial charge < -0.3 is 24.6 Å². The van der Waals surface area contributed by atoms with Crippen LogP contribution in [-0.2, 0) is 18.0 Å². The summed E-state index contributed by atoms with van der Waals surface area (Å²) in [7, 11) is 1.79. The third kappa shape index (κ3) is 9.01. The van der Waals surface area contributed by atoms with Gasteiger partial charge in [0.25, 0.3) is 11.8 Å². The first-order chi connectivity index (χ1) is 24.0. The van der Waals surface area contributed by atoms with E-state index in [1.54, 1.807) is 60.6 Å². The predicted octanol–water partition coefficient (Wildman–Crippen LogP) is 6.44. The third-order valence-electron chi connectivity index (χ3n) is 9.10. The SMILES string of the molecule is CN(CCN1CCOCC1)C(=O)c1cccc(C(=O)Nc2ccc(N3CCCCC3)cc2-c2cc(OCc3cccc(CF)c3)ccn2)c1. The zero-order valence-corrected chi connectivity index (χ0v) is 28.1. The van der Waals surface area contributed by atoms with Crippen LogP contribution < -0.4 is 15.0 Å². The molecule has 1 aromatic heterocycles. The van der Waals surface area contributed by atoms with Crippen molar-refractivity contribution in [2.24, 2.45) is 0 Å². The van der Waals surface area contributed by atoms with Crippen molar-refractivity contribution in [2.45, 2.75) is 32.5 Å². The van der Waals surface area contributed by atoms with Crippen LogP contribution >= 0.6 is 0 Å². The number of pyridine rings is 1. The highest BCUT2D eigenvalue weighted by molar-refractivity contribution is 6.08. The number of likely N-dealkylation sites (N-methyl/N-ethyl adjacent to an activating group) is 1. The van der Waals surface area contributed by atoms with Crippen molar-refractivity contribution < 1.29 is 23.5 Å². The zero-order chi connectivity index (χ0) is 34.0. The molecule has 0 saturated carbocycles. The molecule has 0 radical (unpaired) electrons. The molecule has 9 nitrogen and oxygen atoms in total. The average molecular weight is 666 g/mol. The lowest BCUT2D eigenvalue weighted by molar-refractivity contribution is 0.0338. The van der Waals surface area contributed by atoms with Gasteiger partial charge in [0.1, 0.15) is 19.0 Å². The number of nitrogens with one attached hydrogen (secondary N) is 1. The van der Waals surface area contributed by atoms with E-state index >= 15 is 0 Å². The summed E-state index contributed by atoms with van der Waals surface area (Å²) in [6, 6.07) is 23.8. The molecule has 2 aliphatic heterocycles. The van der Waals surface area contributed by atoms with Crippen LogP contribution in [0.25, 0.3) is 11.3 Å². The van der Waals surface area contributed by atoms with Crippen LogP contribution in [0.1, 0.15) is 51.1 Å². The molecular weight excluding hydrogens is 621 g/mol. The number of nitrogens with zero attached hydrogens (tertiary/aromatic N) is 4. The summed E-state index contributed by atoms with van der Waals surface area (Å²) in [5, 5.41) is 3.09. The van der Waals surface area contributed by atoms with E-state index in [0.29, 0.717) is 53.6 Å². The third-order valence-corrected chi connectivity index (χ3v) is 9.10. The predicted molar refractivity (Wildman–Crippen MR) is 190 cm³/mol. The van der Waals surface area contributed by atoms with Gasteiger partial charge in [0, 0.05) is 81.0 Å². The number of halogens is 1. The molecule has 10 heteroatoms.